The number of halogens is 1. The zero-order valence-electron chi connectivity index (χ0n) is 11.4. The van der Waals surface area contributed by atoms with Crippen LogP contribution >= 0.6 is 11.6 Å². The average Bonchev–Trinajstić information content (AvgIpc) is 2.41. The lowest BCUT2D eigenvalue weighted by molar-refractivity contribution is -0.138. The number of amides is 2. The molecule has 0 aliphatic carbocycles. The fourth-order valence-corrected chi connectivity index (χ4v) is 2.40. The second-order valence-electron chi connectivity index (χ2n) is 4.73. The van der Waals surface area contributed by atoms with Crippen LogP contribution in [0.1, 0.15) is 13.3 Å². The van der Waals surface area contributed by atoms with Crippen LogP contribution in [0, 0.1) is 0 Å². The highest BCUT2D eigenvalue weighted by Gasteiger charge is 2.27. The van der Waals surface area contributed by atoms with E-state index in [1.807, 2.05) is 6.92 Å². The molecule has 1 aliphatic heterocycles. The third kappa shape index (κ3) is 3.71. The Morgan fingerprint density at radius 1 is 1.55 bits per heavy atom. The molecule has 1 fully saturated rings. The van der Waals surface area contributed by atoms with Gasteiger partial charge in [0.1, 0.15) is 0 Å². The molecule has 5 nitrogen and oxygen atoms in total. The van der Waals surface area contributed by atoms with Crippen molar-refractivity contribution in [2.24, 2.45) is 0 Å². The summed E-state index contributed by atoms with van der Waals surface area (Å²) in [6, 6.07) is 6.76. The van der Waals surface area contributed by atoms with Crippen LogP contribution in [-0.4, -0.2) is 42.4 Å². The van der Waals surface area contributed by atoms with E-state index in [4.69, 9.17) is 11.6 Å². The lowest BCUT2D eigenvalue weighted by atomic mass is 10.1. The van der Waals surface area contributed by atoms with Gasteiger partial charge in [0.25, 0.3) is 0 Å². The number of piperazine rings is 1. The van der Waals surface area contributed by atoms with Crippen LogP contribution < -0.4 is 10.6 Å². The van der Waals surface area contributed by atoms with Gasteiger partial charge in [-0.25, -0.2) is 0 Å². The summed E-state index contributed by atoms with van der Waals surface area (Å²) in [6.45, 7) is 3.29. The highest BCUT2D eigenvalue weighted by molar-refractivity contribution is 6.30. The molecule has 1 saturated heterocycles. The maximum Gasteiger partial charge on any atom is 0.243 e. The summed E-state index contributed by atoms with van der Waals surface area (Å²) in [5.41, 5.74) is 0.636. The van der Waals surface area contributed by atoms with Gasteiger partial charge in [-0.05, 0) is 24.6 Å². The molecule has 1 atom stereocenters. The summed E-state index contributed by atoms with van der Waals surface area (Å²) >= 11 is 5.86. The first-order chi connectivity index (χ1) is 9.60. The normalized spacial score (nSPS) is 19.0. The Bertz CT molecular complexity index is 507. The summed E-state index contributed by atoms with van der Waals surface area (Å²) in [5.74, 6) is -0.225. The number of hydrogen-bond acceptors (Lipinski definition) is 3. The third-order valence-corrected chi connectivity index (χ3v) is 3.47. The molecule has 0 saturated carbocycles. The van der Waals surface area contributed by atoms with E-state index in [-0.39, 0.29) is 24.4 Å². The fourth-order valence-electron chi connectivity index (χ4n) is 2.21. The molecule has 1 aliphatic rings. The van der Waals surface area contributed by atoms with E-state index in [1.165, 1.54) is 0 Å². The van der Waals surface area contributed by atoms with Crippen LogP contribution in [0.3, 0.4) is 0 Å². The van der Waals surface area contributed by atoms with E-state index in [0.717, 1.165) is 6.42 Å². The number of nitrogens with zero attached hydrogens (tertiary/aromatic N) is 1. The number of rotatable bonds is 4. The fraction of sp³-hybridized carbons (Fsp3) is 0.429. The summed E-state index contributed by atoms with van der Waals surface area (Å²) in [5, 5.41) is 6.45. The van der Waals surface area contributed by atoms with Crippen molar-refractivity contribution in [3.8, 4) is 0 Å². The molecule has 2 rings (SSSR count). The molecule has 1 heterocycles. The SMILES string of the molecule is CCC1NCCN(CC(=O)Nc2cccc(Cl)c2)C1=O. The standard InChI is InChI=1S/C14H18ClN3O2/c1-2-12-14(20)18(7-6-16-12)9-13(19)17-11-5-3-4-10(15)8-11/h3-5,8,12,16H,2,6-7,9H2,1H3,(H,17,19). The molecule has 2 N–H and O–H groups in total. The average molecular weight is 296 g/mol. The molecule has 6 heteroatoms. The molecule has 0 radical (unpaired) electrons. The summed E-state index contributed by atoms with van der Waals surface area (Å²) in [4.78, 5) is 25.6. The molecule has 108 valence electrons. The molecule has 20 heavy (non-hydrogen) atoms. The van der Waals surface area contributed by atoms with E-state index >= 15 is 0 Å². The van der Waals surface area contributed by atoms with Gasteiger partial charge in [0, 0.05) is 23.8 Å². The van der Waals surface area contributed by atoms with E-state index in [1.54, 1.807) is 29.2 Å². The van der Waals surface area contributed by atoms with Gasteiger partial charge in [-0.1, -0.05) is 24.6 Å². The van der Waals surface area contributed by atoms with Crippen molar-refractivity contribution in [1.82, 2.24) is 10.2 Å². The van der Waals surface area contributed by atoms with Gasteiger partial charge < -0.3 is 15.5 Å². The van der Waals surface area contributed by atoms with Gasteiger partial charge in [0.15, 0.2) is 0 Å². The molecule has 2 amide bonds. The number of carbonyl (C=O) groups is 2. The highest BCUT2D eigenvalue weighted by Crippen LogP contribution is 2.15. The van der Waals surface area contributed by atoms with Crippen molar-refractivity contribution < 1.29 is 9.59 Å². The van der Waals surface area contributed by atoms with Gasteiger partial charge in [-0.3, -0.25) is 9.59 Å². The Hall–Kier alpha value is -1.59. The van der Waals surface area contributed by atoms with E-state index < -0.39 is 0 Å². The first-order valence-corrected chi connectivity index (χ1v) is 7.05. The highest BCUT2D eigenvalue weighted by atomic mass is 35.5. The topological polar surface area (TPSA) is 61.4 Å². The zero-order chi connectivity index (χ0) is 14.5. The first kappa shape index (κ1) is 14.8. The van der Waals surface area contributed by atoms with Crippen molar-refractivity contribution in [1.29, 1.82) is 0 Å². The van der Waals surface area contributed by atoms with Gasteiger partial charge in [0.05, 0.1) is 12.6 Å². The predicted octanol–water partition coefficient (Wildman–Crippen LogP) is 1.49. The maximum absolute atomic E-state index is 12.1. The minimum atomic E-state index is -0.211. The smallest absolute Gasteiger partial charge is 0.243 e. The van der Waals surface area contributed by atoms with Crippen molar-refractivity contribution in [3.05, 3.63) is 29.3 Å². The minimum absolute atomic E-state index is 0.0139. The Morgan fingerprint density at radius 3 is 3.05 bits per heavy atom. The summed E-state index contributed by atoms with van der Waals surface area (Å²) < 4.78 is 0. The molecular formula is C14H18ClN3O2. The monoisotopic (exact) mass is 295 g/mol. The van der Waals surface area contributed by atoms with Crippen LogP contribution in [0.2, 0.25) is 5.02 Å². The lowest BCUT2D eigenvalue weighted by Gasteiger charge is -2.32. The van der Waals surface area contributed by atoms with Gasteiger partial charge in [0.2, 0.25) is 11.8 Å². The lowest BCUT2D eigenvalue weighted by Crippen LogP contribution is -2.56. The molecule has 0 aromatic heterocycles. The Morgan fingerprint density at radius 2 is 2.35 bits per heavy atom. The first-order valence-electron chi connectivity index (χ1n) is 6.67. The van der Waals surface area contributed by atoms with Gasteiger partial charge in [-0.2, -0.15) is 0 Å². The molecule has 0 spiro atoms. The summed E-state index contributed by atoms with van der Waals surface area (Å²) in [7, 11) is 0. The van der Waals surface area contributed by atoms with E-state index in [0.29, 0.717) is 23.8 Å². The van der Waals surface area contributed by atoms with Crippen LogP contribution in [0.5, 0.6) is 0 Å². The summed E-state index contributed by atoms with van der Waals surface area (Å²) in [6.07, 6.45) is 0.727. The molecule has 1 aromatic carbocycles. The number of anilines is 1. The van der Waals surface area contributed by atoms with Crippen LogP contribution in [-0.2, 0) is 9.59 Å². The van der Waals surface area contributed by atoms with Crippen molar-refractivity contribution in [3.63, 3.8) is 0 Å². The van der Waals surface area contributed by atoms with Crippen LogP contribution in [0.15, 0.2) is 24.3 Å². The van der Waals surface area contributed by atoms with Crippen molar-refractivity contribution in [2.45, 2.75) is 19.4 Å². The van der Waals surface area contributed by atoms with Crippen molar-refractivity contribution >= 4 is 29.1 Å². The van der Waals surface area contributed by atoms with E-state index in [9.17, 15) is 9.59 Å². The third-order valence-electron chi connectivity index (χ3n) is 3.23. The predicted molar refractivity (Wildman–Crippen MR) is 78.7 cm³/mol. The number of nitrogens with one attached hydrogen (secondary N) is 2. The molecule has 1 aromatic rings. The second kappa shape index (κ2) is 6.72. The quantitative estimate of drug-likeness (QED) is 0.885. The Balaban J connectivity index is 1.92. The largest absolute Gasteiger partial charge is 0.331 e. The molecule has 1 unspecified atom stereocenters. The Labute approximate surface area is 123 Å². The number of carbonyl (C=O) groups excluding carboxylic acids is 2. The second-order valence-corrected chi connectivity index (χ2v) is 5.17. The van der Waals surface area contributed by atoms with Gasteiger partial charge >= 0.3 is 0 Å². The number of hydrogen-bond donors (Lipinski definition) is 2. The minimum Gasteiger partial charge on any atom is -0.331 e. The Kier molecular flexibility index (Phi) is 4.98. The maximum atomic E-state index is 12.1. The molecular weight excluding hydrogens is 278 g/mol. The van der Waals surface area contributed by atoms with Crippen LogP contribution in [0.25, 0.3) is 0 Å². The van der Waals surface area contributed by atoms with Crippen molar-refractivity contribution in [2.75, 3.05) is 25.0 Å². The number of benzene rings is 1. The zero-order valence-corrected chi connectivity index (χ0v) is 12.1. The van der Waals surface area contributed by atoms with Gasteiger partial charge in [-0.15, -0.1) is 0 Å². The molecule has 0 bridgehead atoms. The van der Waals surface area contributed by atoms with Crippen LogP contribution in [0.4, 0.5) is 5.69 Å². The van der Waals surface area contributed by atoms with E-state index in [2.05, 4.69) is 10.6 Å².